The Labute approximate surface area is 80.2 Å². The molecule has 0 spiro atoms. The highest BCUT2D eigenvalue weighted by atomic mass is 16.7. The first-order chi connectivity index (χ1) is 6.24. The molecule has 1 aliphatic rings. The van der Waals surface area contributed by atoms with Gasteiger partial charge < -0.3 is 14.8 Å². The van der Waals surface area contributed by atoms with Crippen LogP contribution in [0.1, 0.15) is 13.8 Å². The number of ether oxygens (including phenoxy) is 2. The topological polar surface area (TPSA) is 33.7 Å². The number of rotatable bonds is 4. The highest BCUT2D eigenvalue weighted by molar-refractivity contribution is 4.68. The molecule has 0 aromatic heterocycles. The lowest BCUT2D eigenvalue weighted by Crippen LogP contribution is -2.49. The van der Waals surface area contributed by atoms with Crippen LogP contribution in [0.2, 0.25) is 0 Å². The van der Waals surface area contributed by atoms with Crippen LogP contribution in [0.5, 0.6) is 0 Å². The Morgan fingerprint density at radius 1 is 1.23 bits per heavy atom. The van der Waals surface area contributed by atoms with Gasteiger partial charge in [-0.3, -0.25) is 4.90 Å². The quantitative estimate of drug-likeness (QED) is 0.641. The van der Waals surface area contributed by atoms with Crippen LogP contribution >= 0.6 is 0 Å². The maximum absolute atomic E-state index is 5.61. The first kappa shape index (κ1) is 10.9. The molecular formula is C9H20N2O2. The van der Waals surface area contributed by atoms with Gasteiger partial charge in [0.05, 0.1) is 0 Å². The van der Waals surface area contributed by atoms with E-state index >= 15 is 0 Å². The Hall–Kier alpha value is -0.160. The zero-order valence-corrected chi connectivity index (χ0v) is 8.75. The highest BCUT2D eigenvalue weighted by Gasteiger charge is 2.18. The maximum Gasteiger partial charge on any atom is 0.156 e. The molecular weight excluding hydrogens is 168 g/mol. The second kappa shape index (κ2) is 5.54. The molecule has 1 heterocycles. The van der Waals surface area contributed by atoms with E-state index in [-0.39, 0.29) is 12.5 Å². The smallest absolute Gasteiger partial charge is 0.156 e. The molecule has 0 radical (unpaired) electrons. The zero-order valence-electron chi connectivity index (χ0n) is 8.75. The van der Waals surface area contributed by atoms with Gasteiger partial charge in [-0.15, -0.1) is 0 Å². The number of hydrogen-bond acceptors (Lipinski definition) is 4. The SMILES string of the molecule is COC(C)OC(C)N1CCNCC1. The number of nitrogens with one attached hydrogen (secondary N) is 1. The molecule has 1 rings (SSSR count). The van der Waals surface area contributed by atoms with Gasteiger partial charge in [-0.05, 0) is 13.8 Å². The molecule has 78 valence electrons. The average Bonchev–Trinajstić information content (AvgIpc) is 2.19. The van der Waals surface area contributed by atoms with Gasteiger partial charge in [0, 0.05) is 33.3 Å². The molecule has 2 atom stereocenters. The van der Waals surface area contributed by atoms with Crippen molar-refractivity contribution < 1.29 is 9.47 Å². The summed E-state index contributed by atoms with van der Waals surface area (Å²) in [7, 11) is 1.66. The van der Waals surface area contributed by atoms with Crippen molar-refractivity contribution in [3.63, 3.8) is 0 Å². The molecule has 0 aromatic rings. The Balaban J connectivity index is 2.24. The standard InChI is InChI=1S/C9H20N2O2/c1-8(13-9(2)12-3)11-6-4-10-5-7-11/h8-10H,4-7H2,1-3H3. The number of methoxy groups -OCH3 is 1. The fourth-order valence-corrected chi connectivity index (χ4v) is 1.46. The number of nitrogens with zero attached hydrogens (tertiary/aromatic N) is 1. The molecule has 4 nitrogen and oxygen atoms in total. The number of piperazine rings is 1. The molecule has 1 N–H and O–H groups in total. The summed E-state index contributed by atoms with van der Waals surface area (Å²) in [5.74, 6) is 0. The summed E-state index contributed by atoms with van der Waals surface area (Å²) >= 11 is 0. The monoisotopic (exact) mass is 188 g/mol. The van der Waals surface area contributed by atoms with Crippen LogP contribution in [-0.2, 0) is 9.47 Å². The van der Waals surface area contributed by atoms with Gasteiger partial charge in [0.1, 0.15) is 6.23 Å². The Morgan fingerprint density at radius 3 is 2.38 bits per heavy atom. The zero-order chi connectivity index (χ0) is 9.68. The first-order valence-electron chi connectivity index (χ1n) is 4.87. The molecule has 1 fully saturated rings. The number of hydrogen-bond donors (Lipinski definition) is 1. The summed E-state index contributed by atoms with van der Waals surface area (Å²) in [6.45, 7) is 8.19. The van der Waals surface area contributed by atoms with Gasteiger partial charge in [0.15, 0.2) is 6.29 Å². The maximum atomic E-state index is 5.61. The molecule has 0 amide bonds. The molecule has 0 saturated carbocycles. The fourth-order valence-electron chi connectivity index (χ4n) is 1.46. The molecule has 1 aliphatic heterocycles. The third kappa shape index (κ3) is 3.60. The van der Waals surface area contributed by atoms with Gasteiger partial charge in [-0.25, -0.2) is 0 Å². The van der Waals surface area contributed by atoms with Crippen LogP contribution in [0.15, 0.2) is 0 Å². The van der Waals surface area contributed by atoms with Crippen molar-refractivity contribution in [2.75, 3.05) is 33.3 Å². The third-order valence-electron chi connectivity index (χ3n) is 2.39. The van der Waals surface area contributed by atoms with Crippen molar-refractivity contribution in [2.24, 2.45) is 0 Å². The van der Waals surface area contributed by atoms with Crippen LogP contribution in [0.4, 0.5) is 0 Å². The average molecular weight is 188 g/mol. The van der Waals surface area contributed by atoms with Crippen LogP contribution in [0, 0.1) is 0 Å². The summed E-state index contributed by atoms with van der Waals surface area (Å²) in [5.41, 5.74) is 0. The Kier molecular flexibility index (Phi) is 4.66. The van der Waals surface area contributed by atoms with Crippen molar-refractivity contribution in [1.29, 1.82) is 0 Å². The van der Waals surface area contributed by atoms with Gasteiger partial charge in [0.25, 0.3) is 0 Å². The van der Waals surface area contributed by atoms with Gasteiger partial charge in [0.2, 0.25) is 0 Å². The van der Waals surface area contributed by atoms with E-state index in [1.807, 2.05) is 6.92 Å². The molecule has 0 bridgehead atoms. The summed E-state index contributed by atoms with van der Waals surface area (Å²) in [6, 6.07) is 0. The third-order valence-corrected chi connectivity index (χ3v) is 2.39. The van der Waals surface area contributed by atoms with Crippen molar-refractivity contribution in [2.45, 2.75) is 26.4 Å². The molecule has 13 heavy (non-hydrogen) atoms. The minimum atomic E-state index is -0.120. The Bertz CT molecular complexity index is 138. The van der Waals surface area contributed by atoms with Crippen molar-refractivity contribution in [3.8, 4) is 0 Å². The van der Waals surface area contributed by atoms with E-state index in [9.17, 15) is 0 Å². The van der Waals surface area contributed by atoms with E-state index in [1.54, 1.807) is 7.11 Å². The molecule has 2 unspecified atom stereocenters. The predicted molar refractivity (Wildman–Crippen MR) is 51.5 cm³/mol. The molecule has 4 heteroatoms. The van der Waals surface area contributed by atoms with E-state index in [1.165, 1.54) is 0 Å². The van der Waals surface area contributed by atoms with Crippen LogP contribution in [0.25, 0.3) is 0 Å². The summed E-state index contributed by atoms with van der Waals surface area (Å²) < 4.78 is 10.7. The lowest BCUT2D eigenvalue weighted by Gasteiger charge is -2.33. The largest absolute Gasteiger partial charge is 0.356 e. The van der Waals surface area contributed by atoms with E-state index in [4.69, 9.17) is 9.47 Å². The van der Waals surface area contributed by atoms with Gasteiger partial charge in [-0.2, -0.15) is 0 Å². The Morgan fingerprint density at radius 2 is 1.85 bits per heavy atom. The van der Waals surface area contributed by atoms with Crippen LogP contribution in [-0.4, -0.2) is 50.7 Å². The normalized spacial score (nSPS) is 24.2. The van der Waals surface area contributed by atoms with E-state index in [2.05, 4.69) is 17.1 Å². The first-order valence-corrected chi connectivity index (χ1v) is 4.87. The molecule has 0 aliphatic carbocycles. The highest BCUT2D eigenvalue weighted by Crippen LogP contribution is 2.05. The van der Waals surface area contributed by atoms with Crippen molar-refractivity contribution in [1.82, 2.24) is 10.2 Å². The molecule has 0 aromatic carbocycles. The van der Waals surface area contributed by atoms with Crippen LogP contribution < -0.4 is 5.32 Å². The minimum absolute atomic E-state index is 0.120. The predicted octanol–water partition coefficient (Wildman–Crippen LogP) is 0.247. The summed E-state index contributed by atoms with van der Waals surface area (Å²) in [4.78, 5) is 2.31. The van der Waals surface area contributed by atoms with E-state index in [0.29, 0.717) is 0 Å². The lowest BCUT2D eigenvalue weighted by atomic mass is 10.3. The lowest BCUT2D eigenvalue weighted by molar-refractivity contribution is -0.181. The van der Waals surface area contributed by atoms with Crippen LogP contribution in [0.3, 0.4) is 0 Å². The summed E-state index contributed by atoms with van der Waals surface area (Å²) in [6.07, 6.45) is 0.0296. The van der Waals surface area contributed by atoms with E-state index < -0.39 is 0 Å². The van der Waals surface area contributed by atoms with Gasteiger partial charge >= 0.3 is 0 Å². The molecule has 1 saturated heterocycles. The second-order valence-electron chi connectivity index (χ2n) is 3.32. The van der Waals surface area contributed by atoms with Gasteiger partial charge in [-0.1, -0.05) is 0 Å². The van der Waals surface area contributed by atoms with E-state index in [0.717, 1.165) is 26.2 Å². The fraction of sp³-hybridized carbons (Fsp3) is 1.00. The second-order valence-corrected chi connectivity index (χ2v) is 3.32. The summed E-state index contributed by atoms with van der Waals surface area (Å²) in [5, 5.41) is 3.31. The van der Waals surface area contributed by atoms with Crippen molar-refractivity contribution in [3.05, 3.63) is 0 Å². The van der Waals surface area contributed by atoms with Crippen molar-refractivity contribution >= 4 is 0 Å². The minimum Gasteiger partial charge on any atom is -0.356 e.